The van der Waals surface area contributed by atoms with Crippen molar-refractivity contribution in [3.63, 3.8) is 0 Å². The Morgan fingerprint density at radius 1 is 1.25 bits per heavy atom. The van der Waals surface area contributed by atoms with Crippen LogP contribution in [0.5, 0.6) is 0 Å². The molecule has 1 aromatic carbocycles. The fraction of sp³-hybridized carbons (Fsp3) is 0.300. The van der Waals surface area contributed by atoms with Gasteiger partial charge in [-0.05, 0) is 12.5 Å². The second-order valence-electron chi connectivity index (χ2n) is 3.06. The van der Waals surface area contributed by atoms with E-state index in [2.05, 4.69) is 0 Å². The molecule has 2 heteroatoms. The van der Waals surface area contributed by atoms with Crippen molar-refractivity contribution in [3.8, 4) is 0 Å². The van der Waals surface area contributed by atoms with Crippen molar-refractivity contribution in [1.29, 1.82) is 0 Å². The molecule has 0 amide bonds. The summed E-state index contributed by atoms with van der Waals surface area (Å²) >= 11 is 0. The summed E-state index contributed by atoms with van der Waals surface area (Å²) in [7, 11) is 0. The van der Waals surface area contributed by atoms with Crippen molar-refractivity contribution in [2.45, 2.75) is 13.0 Å². The van der Waals surface area contributed by atoms with Crippen LogP contribution in [0.15, 0.2) is 30.3 Å². The van der Waals surface area contributed by atoms with Crippen LogP contribution in [-0.4, -0.2) is 5.97 Å². The molecule has 0 unspecified atom stereocenters. The lowest BCUT2D eigenvalue weighted by Crippen LogP contribution is -2.35. The lowest BCUT2D eigenvalue weighted by Gasteiger charge is -2.32. The van der Waals surface area contributed by atoms with Gasteiger partial charge in [-0.3, -0.25) is 4.79 Å². The van der Waals surface area contributed by atoms with Crippen LogP contribution in [0.3, 0.4) is 0 Å². The third-order valence-corrected chi connectivity index (χ3v) is 2.20. The van der Waals surface area contributed by atoms with E-state index in [-0.39, 0.29) is 18.0 Å². The van der Waals surface area contributed by atoms with Gasteiger partial charge in [0.1, 0.15) is 6.10 Å². The van der Waals surface area contributed by atoms with E-state index in [0.29, 0.717) is 0 Å². The highest BCUT2D eigenvalue weighted by Crippen LogP contribution is 2.35. The van der Waals surface area contributed by atoms with Crippen LogP contribution < -0.4 is 0 Å². The number of carbonyl (C=O) groups excluding carboxylic acids is 1. The van der Waals surface area contributed by atoms with E-state index in [1.54, 1.807) is 0 Å². The van der Waals surface area contributed by atoms with Gasteiger partial charge in [-0.15, -0.1) is 0 Å². The molecule has 0 N–H and O–H groups in total. The number of ether oxygens (including phenoxy) is 1. The number of hydrogen-bond donors (Lipinski definition) is 0. The molecule has 1 saturated heterocycles. The zero-order valence-electron chi connectivity index (χ0n) is 6.86. The number of cyclic esters (lactones) is 1. The molecule has 1 aromatic rings. The van der Waals surface area contributed by atoms with Gasteiger partial charge in [-0.1, -0.05) is 30.3 Å². The quantitative estimate of drug-likeness (QED) is 0.590. The molecule has 0 aromatic heterocycles. The molecule has 1 fully saturated rings. The number of benzene rings is 1. The maximum absolute atomic E-state index is 10.8. The van der Waals surface area contributed by atoms with Gasteiger partial charge in [0.25, 0.3) is 0 Å². The molecular weight excluding hydrogens is 152 g/mol. The van der Waals surface area contributed by atoms with Crippen molar-refractivity contribution in [2.75, 3.05) is 0 Å². The first-order valence-electron chi connectivity index (χ1n) is 4.04. The van der Waals surface area contributed by atoms with Crippen LogP contribution in [0, 0.1) is 5.92 Å². The van der Waals surface area contributed by atoms with Crippen molar-refractivity contribution in [1.82, 2.24) is 0 Å². The first-order valence-corrected chi connectivity index (χ1v) is 4.04. The predicted octanol–water partition coefficient (Wildman–Crippen LogP) is 1.92. The van der Waals surface area contributed by atoms with Crippen molar-refractivity contribution < 1.29 is 9.53 Å². The number of esters is 1. The summed E-state index contributed by atoms with van der Waals surface area (Å²) in [6.07, 6.45) is -0.0151. The predicted molar refractivity (Wildman–Crippen MR) is 44.4 cm³/mol. The minimum atomic E-state index is -0.0937. The van der Waals surface area contributed by atoms with Gasteiger partial charge >= 0.3 is 5.97 Å². The van der Waals surface area contributed by atoms with Gasteiger partial charge < -0.3 is 4.74 Å². The van der Waals surface area contributed by atoms with Gasteiger partial charge in [-0.25, -0.2) is 0 Å². The Hall–Kier alpha value is -1.31. The Morgan fingerprint density at radius 2 is 1.92 bits per heavy atom. The summed E-state index contributed by atoms with van der Waals surface area (Å²) in [6, 6.07) is 9.82. The van der Waals surface area contributed by atoms with E-state index in [1.807, 2.05) is 37.3 Å². The molecule has 2 nitrogen and oxygen atoms in total. The van der Waals surface area contributed by atoms with Crippen molar-refractivity contribution in [3.05, 3.63) is 35.9 Å². The topological polar surface area (TPSA) is 26.3 Å². The van der Waals surface area contributed by atoms with E-state index in [1.165, 1.54) is 0 Å². The number of rotatable bonds is 1. The van der Waals surface area contributed by atoms with Gasteiger partial charge in [0.15, 0.2) is 0 Å². The Balaban J connectivity index is 2.18. The van der Waals surface area contributed by atoms with Crippen LogP contribution in [0.2, 0.25) is 0 Å². The third kappa shape index (κ3) is 0.998. The standard InChI is InChI=1S/C10H10O2/c1-7-9(12-10(7)11)8-5-3-2-4-6-8/h2-7,9H,1H3/t7-,9+/m0/s1. The fourth-order valence-electron chi connectivity index (χ4n) is 1.39. The van der Waals surface area contributed by atoms with Gasteiger partial charge in [0.05, 0.1) is 5.92 Å². The van der Waals surface area contributed by atoms with Crippen molar-refractivity contribution in [2.24, 2.45) is 5.92 Å². The Morgan fingerprint density at radius 3 is 2.42 bits per heavy atom. The zero-order chi connectivity index (χ0) is 8.55. The molecule has 0 aliphatic carbocycles. The van der Waals surface area contributed by atoms with E-state index in [4.69, 9.17) is 4.74 Å². The second-order valence-corrected chi connectivity index (χ2v) is 3.06. The van der Waals surface area contributed by atoms with E-state index < -0.39 is 0 Å². The summed E-state index contributed by atoms with van der Waals surface area (Å²) in [5.74, 6) is -0.0729. The average Bonchev–Trinajstić information content (AvgIpc) is 2.15. The molecule has 0 radical (unpaired) electrons. The molecule has 0 bridgehead atoms. The fourth-order valence-corrected chi connectivity index (χ4v) is 1.39. The van der Waals surface area contributed by atoms with Crippen LogP contribution in [0.4, 0.5) is 0 Å². The minimum absolute atomic E-state index is 0.0151. The Kier molecular flexibility index (Phi) is 1.61. The third-order valence-electron chi connectivity index (χ3n) is 2.20. The minimum Gasteiger partial charge on any atom is -0.456 e. The molecule has 12 heavy (non-hydrogen) atoms. The molecule has 1 heterocycles. The number of carbonyl (C=O) groups is 1. The highest BCUT2D eigenvalue weighted by atomic mass is 16.6. The van der Waals surface area contributed by atoms with Crippen molar-refractivity contribution >= 4 is 5.97 Å². The maximum Gasteiger partial charge on any atom is 0.313 e. The van der Waals surface area contributed by atoms with E-state index in [9.17, 15) is 4.79 Å². The maximum atomic E-state index is 10.8. The van der Waals surface area contributed by atoms with Gasteiger partial charge in [0, 0.05) is 0 Å². The summed E-state index contributed by atoms with van der Waals surface area (Å²) in [4.78, 5) is 10.8. The molecule has 1 aliphatic heterocycles. The first-order chi connectivity index (χ1) is 5.79. The SMILES string of the molecule is C[C@@H]1C(=O)O[C@H]1c1ccccc1. The van der Waals surface area contributed by atoms with Gasteiger partial charge in [-0.2, -0.15) is 0 Å². The Bertz CT molecular complexity index is 292. The highest BCUT2D eigenvalue weighted by Gasteiger charge is 2.39. The summed E-state index contributed by atoms with van der Waals surface area (Å²) in [5, 5.41) is 0. The largest absolute Gasteiger partial charge is 0.456 e. The molecule has 0 saturated carbocycles. The van der Waals surface area contributed by atoms with E-state index in [0.717, 1.165) is 5.56 Å². The molecular formula is C10H10O2. The molecule has 62 valence electrons. The first kappa shape index (κ1) is 7.35. The van der Waals surface area contributed by atoms with Gasteiger partial charge in [0.2, 0.25) is 0 Å². The van der Waals surface area contributed by atoms with Crippen LogP contribution in [0.1, 0.15) is 18.6 Å². The van der Waals surface area contributed by atoms with Crippen LogP contribution in [-0.2, 0) is 9.53 Å². The summed E-state index contributed by atoms with van der Waals surface area (Å²) < 4.78 is 5.00. The normalized spacial score (nSPS) is 27.6. The zero-order valence-corrected chi connectivity index (χ0v) is 6.86. The monoisotopic (exact) mass is 162 g/mol. The highest BCUT2D eigenvalue weighted by molar-refractivity contribution is 5.78. The molecule has 1 aliphatic rings. The lowest BCUT2D eigenvalue weighted by molar-refractivity contribution is -0.183. The van der Waals surface area contributed by atoms with E-state index >= 15 is 0 Å². The molecule has 2 rings (SSSR count). The molecule has 2 atom stereocenters. The summed E-state index contributed by atoms with van der Waals surface area (Å²) in [5.41, 5.74) is 1.09. The lowest BCUT2D eigenvalue weighted by atomic mass is 9.93. The average molecular weight is 162 g/mol. The van der Waals surface area contributed by atoms with Crippen LogP contribution >= 0.6 is 0 Å². The second kappa shape index (κ2) is 2.63. The smallest absolute Gasteiger partial charge is 0.313 e. The van der Waals surface area contributed by atoms with Crippen LogP contribution in [0.25, 0.3) is 0 Å². The number of hydrogen-bond acceptors (Lipinski definition) is 2. The molecule has 0 spiro atoms. The Labute approximate surface area is 71.2 Å². The summed E-state index contributed by atoms with van der Waals surface area (Å²) in [6.45, 7) is 1.89.